The molecule has 0 atom stereocenters. The van der Waals surface area contributed by atoms with Crippen molar-refractivity contribution in [2.24, 2.45) is 0 Å². The second-order valence-corrected chi connectivity index (χ2v) is 4.34. The van der Waals surface area contributed by atoms with Gasteiger partial charge in [-0.15, -0.1) is 0 Å². The summed E-state index contributed by atoms with van der Waals surface area (Å²) in [5.41, 5.74) is -0.217. The maximum absolute atomic E-state index is 11.5. The Morgan fingerprint density at radius 3 is 2.78 bits per heavy atom. The molecule has 0 aromatic carbocycles. The number of pyridine rings is 1. The van der Waals surface area contributed by atoms with Crippen molar-refractivity contribution in [2.45, 2.75) is 38.7 Å². The molecule has 1 aliphatic carbocycles. The Morgan fingerprint density at radius 1 is 1.39 bits per heavy atom. The smallest absolute Gasteiger partial charge is 0.354 e. The van der Waals surface area contributed by atoms with E-state index in [0.29, 0.717) is 5.75 Å². The molecule has 1 saturated carbocycles. The first-order valence-corrected chi connectivity index (χ1v) is 6.27. The number of carbonyl (C=O) groups excluding carboxylic acids is 1. The highest BCUT2D eigenvalue weighted by molar-refractivity contribution is 5.87. The molecule has 0 radical (unpaired) electrons. The molecule has 1 N–H and O–H groups in total. The van der Waals surface area contributed by atoms with Crippen LogP contribution < -0.4 is 10.3 Å². The molecule has 1 aromatic rings. The highest BCUT2D eigenvalue weighted by atomic mass is 16.5. The lowest BCUT2D eigenvalue weighted by Gasteiger charge is -2.13. The first-order valence-electron chi connectivity index (χ1n) is 6.27. The number of esters is 1. The number of hydrogen-bond donors (Lipinski definition) is 1. The molecule has 0 unspecified atom stereocenters. The molecule has 18 heavy (non-hydrogen) atoms. The van der Waals surface area contributed by atoms with Crippen molar-refractivity contribution < 1.29 is 14.3 Å². The van der Waals surface area contributed by atoms with E-state index in [2.05, 4.69) is 4.98 Å². The summed E-state index contributed by atoms with van der Waals surface area (Å²) < 4.78 is 10.5. The minimum Gasteiger partial charge on any atom is -0.490 e. The fraction of sp³-hybridized carbons (Fsp3) is 0.538. The number of H-pyrrole nitrogens is 1. The third kappa shape index (κ3) is 3.12. The van der Waals surface area contributed by atoms with Crippen LogP contribution in [0.25, 0.3) is 0 Å². The first kappa shape index (κ1) is 12.7. The van der Waals surface area contributed by atoms with Gasteiger partial charge in [0, 0.05) is 12.1 Å². The second-order valence-electron chi connectivity index (χ2n) is 4.34. The van der Waals surface area contributed by atoms with Gasteiger partial charge in [0.1, 0.15) is 11.4 Å². The summed E-state index contributed by atoms with van der Waals surface area (Å²) in [5, 5.41) is 0. The fourth-order valence-corrected chi connectivity index (χ4v) is 2.10. The summed E-state index contributed by atoms with van der Waals surface area (Å²) in [4.78, 5) is 25.4. The number of ether oxygens (including phenoxy) is 2. The normalized spacial score (nSPS) is 15.6. The Morgan fingerprint density at radius 2 is 2.11 bits per heavy atom. The average molecular weight is 251 g/mol. The number of rotatable bonds is 4. The third-order valence-electron chi connectivity index (χ3n) is 2.92. The molecule has 0 aliphatic heterocycles. The van der Waals surface area contributed by atoms with Gasteiger partial charge in [-0.25, -0.2) is 4.79 Å². The summed E-state index contributed by atoms with van der Waals surface area (Å²) in [7, 11) is 0. The van der Waals surface area contributed by atoms with E-state index in [9.17, 15) is 9.59 Å². The molecule has 0 spiro atoms. The Labute approximate surface area is 105 Å². The highest BCUT2D eigenvalue weighted by Gasteiger charge is 2.18. The Hall–Kier alpha value is -1.78. The number of aromatic amines is 1. The van der Waals surface area contributed by atoms with Crippen LogP contribution in [0.5, 0.6) is 5.75 Å². The minimum atomic E-state index is -0.536. The molecule has 1 heterocycles. The van der Waals surface area contributed by atoms with Gasteiger partial charge in [-0.2, -0.15) is 0 Å². The predicted molar refractivity (Wildman–Crippen MR) is 65.9 cm³/mol. The van der Waals surface area contributed by atoms with E-state index < -0.39 is 5.97 Å². The molecule has 2 rings (SSSR count). The third-order valence-corrected chi connectivity index (χ3v) is 2.92. The molecule has 0 bridgehead atoms. The summed E-state index contributed by atoms with van der Waals surface area (Å²) in [5.74, 6) is -0.0971. The molecule has 1 aromatic heterocycles. The van der Waals surface area contributed by atoms with Crippen LogP contribution in [-0.2, 0) is 4.74 Å². The molecule has 0 saturated heterocycles. The number of carbonyl (C=O) groups is 1. The lowest BCUT2D eigenvalue weighted by atomic mass is 10.3. The zero-order valence-corrected chi connectivity index (χ0v) is 10.4. The molecule has 1 aliphatic rings. The summed E-state index contributed by atoms with van der Waals surface area (Å²) >= 11 is 0. The second kappa shape index (κ2) is 5.71. The van der Waals surface area contributed by atoms with Crippen LogP contribution in [0, 0.1) is 0 Å². The standard InChI is InChI=1S/C13H17NO4/c1-2-17-13(16)11-7-10(8-12(15)14-11)18-9-5-3-4-6-9/h7-9H,2-6H2,1H3,(H,14,15). The summed E-state index contributed by atoms with van der Waals surface area (Å²) in [6, 6.07) is 2.89. The molecular weight excluding hydrogens is 234 g/mol. The van der Waals surface area contributed by atoms with Crippen LogP contribution in [0.2, 0.25) is 0 Å². The summed E-state index contributed by atoms with van der Waals surface area (Å²) in [6.45, 7) is 1.99. The van der Waals surface area contributed by atoms with E-state index in [1.165, 1.54) is 12.1 Å². The lowest BCUT2D eigenvalue weighted by Crippen LogP contribution is -2.17. The van der Waals surface area contributed by atoms with E-state index in [1.807, 2.05) is 0 Å². The van der Waals surface area contributed by atoms with Crippen molar-refractivity contribution in [1.29, 1.82) is 0 Å². The Balaban J connectivity index is 2.15. The van der Waals surface area contributed by atoms with Gasteiger partial charge in [0.05, 0.1) is 12.7 Å². The van der Waals surface area contributed by atoms with Crippen LogP contribution in [0.1, 0.15) is 43.1 Å². The van der Waals surface area contributed by atoms with E-state index in [1.54, 1.807) is 6.92 Å². The van der Waals surface area contributed by atoms with Gasteiger partial charge in [-0.05, 0) is 32.6 Å². The zero-order chi connectivity index (χ0) is 13.0. The van der Waals surface area contributed by atoms with Crippen molar-refractivity contribution >= 4 is 5.97 Å². The number of hydrogen-bond acceptors (Lipinski definition) is 4. The molecule has 5 nitrogen and oxygen atoms in total. The van der Waals surface area contributed by atoms with Gasteiger partial charge < -0.3 is 14.5 Å². The van der Waals surface area contributed by atoms with Crippen LogP contribution in [0.4, 0.5) is 0 Å². The van der Waals surface area contributed by atoms with Gasteiger partial charge in [0.25, 0.3) is 5.56 Å². The van der Waals surface area contributed by atoms with Crippen LogP contribution in [0.3, 0.4) is 0 Å². The van der Waals surface area contributed by atoms with Crippen LogP contribution in [-0.4, -0.2) is 23.7 Å². The largest absolute Gasteiger partial charge is 0.490 e. The average Bonchev–Trinajstić information content (AvgIpc) is 2.81. The van der Waals surface area contributed by atoms with Crippen molar-refractivity contribution in [1.82, 2.24) is 4.98 Å². The van der Waals surface area contributed by atoms with Crippen LogP contribution >= 0.6 is 0 Å². The van der Waals surface area contributed by atoms with E-state index in [0.717, 1.165) is 25.7 Å². The quantitative estimate of drug-likeness (QED) is 0.829. The maximum atomic E-state index is 11.5. The molecule has 5 heteroatoms. The Kier molecular flexibility index (Phi) is 4.02. The number of nitrogens with one attached hydrogen (secondary N) is 1. The lowest BCUT2D eigenvalue weighted by molar-refractivity contribution is 0.0518. The molecular formula is C13H17NO4. The monoisotopic (exact) mass is 251 g/mol. The Bertz CT molecular complexity index is 474. The van der Waals surface area contributed by atoms with E-state index >= 15 is 0 Å². The van der Waals surface area contributed by atoms with Gasteiger partial charge in [-0.3, -0.25) is 4.79 Å². The molecule has 98 valence electrons. The van der Waals surface area contributed by atoms with Crippen LogP contribution in [0.15, 0.2) is 16.9 Å². The van der Waals surface area contributed by atoms with Crippen molar-refractivity contribution in [3.8, 4) is 5.75 Å². The van der Waals surface area contributed by atoms with Gasteiger partial charge >= 0.3 is 5.97 Å². The van der Waals surface area contributed by atoms with Gasteiger partial charge in [0.2, 0.25) is 0 Å². The van der Waals surface area contributed by atoms with Crippen molar-refractivity contribution in [2.75, 3.05) is 6.61 Å². The first-order chi connectivity index (χ1) is 8.69. The highest BCUT2D eigenvalue weighted by Crippen LogP contribution is 2.23. The number of aromatic nitrogens is 1. The molecule has 0 amide bonds. The summed E-state index contributed by atoms with van der Waals surface area (Å²) in [6.07, 6.45) is 4.46. The van der Waals surface area contributed by atoms with Gasteiger partial charge in [0.15, 0.2) is 0 Å². The van der Waals surface area contributed by atoms with Gasteiger partial charge in [-0.1, -0.05) is 0 Å². The predicted octanol–water partition coefficient (Wildman–Crippen LogP) is 1.87. The van der Waals surface area contributed by atoms with Crippen molar-refractivity contribution in [3.05, 3.63) is 28.2 Å². The topological polar surface area (TPSA) is 68.4 Å². The van der Waals surface area contributed by atoms with E-state index in [-0.39, 0.29) is 24.0 Å². The fourth-order valence-electron chi connectivity index (χ4n) is 2.10. The van der Waals surface area contributed by atoms with Crippen molar-refractivity contribution in [3.63, 3.8) is 0 Å². The zero-order valence-electron chi connectivity index (χ0n) is 10.4. The van der Waals surface area contributed by atoms with E-state index in [4.69, 9.17) is 9.47 Å². The SMILES string of the molecule is CCOC(=O)c1cc(OC2CCCC2)cc(=O)[nH]1. The minimum absolute atomic E-state index is 0.136. The molecule has 1 fully saturated rings. The maximum Gasteiger partial charge on any atom is 0.354 e.